The van der Waals surface area contributed by atoms with Crippen molar-refractivity contribution in [3.63, 3.8) is 0 Å². The first-order valence-corrected chi connectivity index (χ1v) is 11.6. The van der Waals surface area contributed by atoms with Crippen molar-refractivity contribution in [3.05, 3.63) is 33.8 Å². The van der Waals surface area contributed by atoms with Crippen LogP contribution in [-0.2, 0) is 11.2 Å². The van der Waals surface area contributed by atoms with Gasteiger partial charge in [-0.05, 0) is 75.1 Å². The highest BCUT2D eigenvalue weighted by Crippen LogP contribution is 2.35. The van der Waals surface area contributed by atoms with Crippen LogP contribution >= 0.6 is 35.0 Å². The van der Waals surface area contributed by atoms with Crippen LogP contribution in [0.15, 0.2) is 18.2 Å². The summed E-state index contributed by atoms with van der Waals surface area (Å²) in [4.78, 5) is 15.1. The second kappa shape index (κ2) is 9.68. The van der Waals surface area contributed by atoms with E-state index in [0.29, 0.717) is 28.4 Å². The van der Waals surface area contributed by atoms with Gasteiger partial charge in [0.15, 0.2) is 0 Å². The third-order valence-electron chi connectivity index (χ3n) is 5.76. The number of thioether (sulfide) groups is 1. The van der Waals surface area contributed by atoms with Gasteiger partial charge < -0.3 is 10.2 Å². The van der Waals surface area contributed by atoms with Gasteiger partial charge in [-0.15, -0.1) is 0 Å². The second-order valence-corrected chi connectivity index (χ2v) is 9.42. The van der Waals surface area contributed by atoms with Crippen LogP contribution in [0.1, 0.15) is 37.7 Å². The number of hydrogen-bond acceptors (Lipinski definition) is 3. The maximum atomic E-state index is 12.4. The summed E-state index contributed by atoms with van der Waals surface area (Å²) >= 11 is 14.0. The number of carbonyl (C=O) groups is 1. The molecular weight excluding hydrogens is 387 g/mol. The maximum Gasteiger partial charge on any atom is 0.224 e. The zero-order chi connectivity index (χ0) is 18.5. The molecule has 0 spiro atoms. The van der Waals surface area contributed by atoms with Gasteiger partial charge in [-0.25, -0.2) is 0 Å². The molecule has 1 saturated heterocycles. The molecule has 1 aliphatic heterocycles. The van der Waals surface area contributed by atoms with Crippen LogP contribution in [0.25, 0.3) is 0 Å². The Morgan fingerprint density at radius 2 is 2.00 bits per heavy atom. The number of likely N-dealkylation sites (tertiary alicyclic amines) is 1. The van der Waals surface area contributed by atoms with Crippen LogP contribution in [0.3, 0.4) is 0 Å². The van der Waals surface area contributed by atoms with Gasteiger partial charge in [-0.3, -0.25) is 4.79 Å². The van der Waals surface area contributed by atoms with Crippen LogP contribution in [0.2, 0.25) is 10.0 Å². The topological polar surface area (TPSA) is 32.3 Å². The highest BCUT2D eigenvalue weighted by molar-refractivity contribution is 7.99. The predicted molar refractivity (Wildman–Crippen MR) is 112 cm³/mol. The molecule has 0 radical (unpaired) electrons. The van der Waals surface area contributed by atoms with Crippen molar-refractivity contribution < 1.29 is 4.79 Å². The lowest BCUT2D eigenvalue weighted by molar-refractivity contribution is -0.120. The second-order valence-electron chi connectivity index (χ2n) is 7.47. The normalized spacial score (nSPS) is 26.8. The predicted octanol–water partition coefficient (Wildman–Crippen LogP) is 4.65. The summed E-state index contributed by atoms with van der Waals surface area (Å²) in [7, 11) is 0. The Kier molecular flexibility index (Phi) is 7.56. The fraction of sp³-hybridized carbons (Fsp3) is 0.650. The molecule has 1 N–H and O–H groups in total. The Morgan fingerprint density at radius 3 is 2.69 bits per heavy atom. The van der Waals surface area contributed by atoms with E-state index in [4.69, 9.17) is 23.2 Å². The summed E-state index contributed by atoms with van der Waals surface area (Å²) < 4.78 is 0. The van der Waals surface area contributed by atoms with Gasteiger partial charge in [0.25, 0.3) is 0 Å². The Balaban J connectivity index is 1.54. The SMILES string of the molecule is CSC1CCC(CNC(=O)Cc2ccc(Cl)c(Cl)c2)C(N2CCCC2)C1. The van der Waals surface area contributed by atoms with Crippen molar-refractivity contribution in [2.24, 2.45) is 5.92 Å². The molecule has 2 fully saturated rings. The zero-order valence-corrected chi connectivity index (χ0v) is 17.7. The lowest BCUT2D eigenvalue weighted by atomic mass is 9.83. The minimum absolute atomic E-state index is 0.0653. The van der Waals surface area contributed by atoms with Gasteiger partial charge in [-0.1, -0.05) is 29.3 Å². The lowest BCUT2D eigenvalue weighted by Crippen LogP contribution is -2.48. The molecule has 3 rings (SSSR count). The molecule has 1 aromatic rings. The maximum absolute atomic E-state index is 12.4. The first-order chi connectivity index (χ1) is 12.6. The minimum atomic E-state index is 0.0653. The monoisotopic (exact) mass is 414 g/mol. The Bertz CT molecular complexity index is 622. The number of rotatable bonds is 6. The summed E-state index contributed by atoms with van der Waals surface area (Å²) in [5, 5.41) is 4.96. The molecule has 1 aromatic carbocycles. The van der Waals surface area contributed by atoms with E-state index >= 15 is 0 Å². The third-order valence-corrected chi connectivity index (χ3v) is 7.59. The molecule has 3 unspecified atom stereocenters. The van der Waals surface area contributed by atoms with E-state index in [1.165, 1.54) is 45.2 Å². The van der Waals surface area contributed by atoms with Gasteiger partial charge in [0.1, 0.15) is 0 Å². The lowest BCUT2D eigenvalue weighted by Gasteiger charge is -2.41. The van der Waals surface area contributed by atoms with Crippen molar-refractivity contribution in [3.8, 4) is 0 Å². The Labute approximate surface area is 171 Å². The Hall–Kier alpha value is -0.420. The van der Waals surface area contributed by atoms with Crippen molar-refractivity contribution in [2.45, 2.75) is 49.8 Å². The molecule has 3 atom stereocenters. The van der Waals surface area contributed by atoms with Crippen molar-refractivity contribution in [2.75, 3.05) is 25.9 Å². The summed E-state index contributed by atoms with van der Waals surface area (Å²) in [6.45, 7) is 3.22. The van der Waals surface area contributed by atoms with Crippen molar-refractivity contribution in [1.29, 1.82) is 0 Å². The highest BCUT2D eigenvalue weighted by atomic mass is 35.5. The van der Waals surface area contributed by atoms with Crippen LogP contribution in [-0.4, -0.2) is 48.0 Å². The molecule has 1 amide bonds. The molecule has 0 aromatic heterocycles. The van der Waals surface area contributed by atoms with Gasteiger partial charge in [0.05, 0.1) is 16.5 Å². The van der Waals surface area contributed by atoms with Gasteiger partial charge in [0.2, 0.25) is 5.91 Å². The van der Waals surface area contributed by atoms with Crippen LogP contribution in [0.5, 0.6) is 0 Å². The average Bonchev–Trinajstić information content (AvgIpc) is 3.17. The number of hydrogen-bond donors (Lipinski definition) is 1. The number of halogens is 2. The Morgan fingerprint density at radius 1 is 1.23 bits per heavy atom. The number of benzene rings is 1. The van der Waals surface area contributed by atoms with Crippen molar-refractivity contribution in [1.82, 2.24) is 10.2 Å². The van der Waals surface area contributed by atoms with Crippen LogP contribution in [0, 0.1) is 5.92 Å². The fourth-order valence-corrected chi connectivity index (χ4v) is 5.37. The molecule has 26 heavy (non-hydrogen) atoms. The van der Waals surface area contributed by atoms with E-state index in [9.17, 15) is 4.79 Å². The van der Waals surface area contributed by atoms with E-state index in [2.05, 4.69) is 16.5 Å². The van der Waals surface area contributed by atoms with Crippen LogP contribution in [0.4, 0.5) is 0 Å². The van der Waals surface area contributed by atoms with Gasteiger partial charge in [-0.2, -0.15) is 11.8 Å². The number of carbonyl (C=O) groups excluding carboxylic acids is 1. The molecule has 144 valence electrons. The summed E-state index contributed by atoms with van der Waals surface area (Å²) in [5.41, 5.74) is 0.902. The highest BCUT2D eigenvalue weighted by Gasteiger charge is 2.35. The first kappa shape index (κ1) is 20.3. The molecule has 1 aliphatic carbocycles. The minimum Gasteiger partial charge on any atom is -0.355 e. The number of nitrogens with zero attached hydrogens (tertiary/aromatic N) is 1. The average molecular weight is 415 g/mol. The van der Waals surface area contributed by atoms with E-state index in [1.807, 2.05) is 17.8 Å². The quantitative estimate of drug-likeness (QED) is 0.734. The largest absolute Gasteiger partial charge is 0.355 e. The smallest absolute Gasteiger partial charge is 0.224 e. The summed E-state index contributed by atoms with van der Waals surface area (Å²) in [6, 6.07) is 6.01. The van der Waals surface area contributed by atoms with Crippen LogP contribution < -0.4 is 5.32 Å². The number of amides is 1. The molecule has 3 nitrogen and oxygen atoms in total. The molecule has 2 aliphatic rings. The third kappa shape index (κ3) is 5.31. The fourth-order valence-electron chi connectivity index (χ4n) is 4.29. The molecule has 1 heterocycles. The van der Waals surface area contributed by atoms with E-state index < -0.39 is 0 Å². The summed E-state index contributed by atoms with van der Waals surface area (Å²) in [5.74, 6) is 0.629. The first-order valence-electron chi connectivity index (χ1n) is 9.54. The van der Waals surface area contributed by atoms with Gasteiger partial charge >= 0.3 is 0 Å². The molecule has 1 saturated carbocycles. The molecule has 0 bridgehead atoms. The zero-order valence-electron chi connectivity index (χ0n) is 15.3. The van der Waals surface area contributed by atoms with E-state index in [-0.39, 0.29) is 5.91 Å². The van der Waals surface area contributed by atoms with E-state index in [1.54, 1.807) is 12.1 Å². The summed E-state index contributed by atoms with van der Waals surface area (Å²) in [6.07, 6.45) is 8.94. The van der Waals surface area contributed by atoms with Crippen molar-refractivity contribution >= 4 is 40.9 Å². The molecule has 6 heteroatoms. The molecular formula is C20H28Cl2N2OS. The number of nitrogens with one attached hydrogen (secondary N) is 1. The van der Waals surface area contributed by atoms with E-state index in [0.717, 1.165) is 17.4 Å². The standard InChI is InChI=1S/C20H28Cl2N2OS/c1-26-16-6-5-15(19(12-16)24-8-2-3-9-24)13-23-20(25)11-14-4-7-17(21)18(22)10-14/h4,7,10,15-16,19H,2-3,5-6,8-9,11-13H2,1H3,(H,23,25). The van der Waals surface area contributed by atoms with Gasteiger partial charge in [0, 0.05) is 17.8 Å².